The molecule has 0 saturated heterocycles. The Morgan fingerprint density at radius 3 is 2.68 bits per heavy atom. The first-order valence-electron chi connectivity index (χ1n) is 8.60. The molecule has 3 aliphatic carbocycles. The van der Waals surface area contributed by atoms with E-state index in [-0.39, 0.29) is 17.4 Å². The van der Waals surface area contributed by atoms with Gasteiger partial charge in [0.2, 0.25) is 0 Å². The highest BCUT2D eigenvalue weighted by Gasteiger charge is 2.64. The average Bonchev–Trinajstić information content (AvgIpc) is 2.73. The van der Waals surface area contributed by atoms with Gasteiger partial charge in [-0.15, -0.1) is 0 Å². The summed E-state index contributed by atoms with van der Waals surface area (Å²) in [5.41, 5.74) is 1.44. The molecule has 0 radical (unpaired) electrons. The van der Waals surface area contributed by atoms with E-state index in [9.17, 15) is 15.3 Å². The summed E-state index contributed by atoms with van der Waals surface area (Å²) in [7, 11) is 0. The highest BCUT2D eigenvalue weighted by atomic mass is 16.3. The quantitative estimate of drug-likeness (QED) is 0.689. The predicted octanol–water partition coefficient (Wildman–Crippen LogP) is 3.29. The van der Waals surface area contributed by atoms with Crippen LogP contribution in [0, 0.1) is 11.3 Å². The standard InChI is InChI=1S/C19H26O3/c1-11-9-16-14(13-4-3-12(20)10-15(11)13)5-7-18(2)17(21)6-8-19(16,18)22/h3-4,10-11,14,16-17,20-22H,5-9H2,1-2H3/t11-,14-,16-,17+,18-,19-/m1/s1. The van der Waals surface area contributed by atoms with Crippen molar-refractivity contribution in [3.63, 3.8) is 0 Å². The number of phenols is 1. The summed E-state index contributed by atoms with van der Waals surface area (Å²) in [5.74, 6) is 1.25. The number of aromatic hydroxyl groups is 1. The van der Waals surface area contributed by atoms with Crippen LogP contribution in [0.4, 0.5) is 0 Å². The van der Waals surface area contributed by atoms with Gasteiger partial charge in [0, 0.05) is 5.41 Å². The summed E-state index contributed by atoms with van der Waals surface area (Å²) in [6.45, 7) is 4.27. The fourth-order valence-electron chi connectivity index (χ4n) is 5.80. The Morgan fingerprint density at radius 2 is 1.91 bits per heavy atom. The summed E-state index contributed by atoms with van der Waals surface area (Å²) < 4.78 is 0. The number of aliphatic hydroxyl groups excluding tert-OH is 1. The lowest BCUT2D eigenvalue weighted by Crippen LogP contribution is -2.57. The molecule has 0 amide bonds. The van der Waals surface area contributed by atoms with Crippen LogP contribution >= 0.6 is 0 Å². The molecule has 0 heterocycles. The van der Waals surface area contributed by atoms with E-state index in [2.05, 4.69) is 19.9 Å². The maximum atomic E-state index is 11.5. The molecule has 2 fully saturated rings. The number of benzene rings is 1. The summed E-state index contributed by atoms with van der Waals surface area (Å²) in [6.07, 6.45) is 3.89. The average molecular weight is 302 g/mol. The molecule has 1 aromatic rings. The van der Waals surface area contributed by atoms with E-state index in [1.54, 1.807) is 6.07 Å². The minimum Gasteiger partial charge on any atom is -0.508 e. The first-order chi connectivity index (χ1) is 10.4. The number of aliphatic hydroxyl groups is 2. The molecule has 120 valence electrons. The molecule has 1 aromatic carbocycles. The van der Waals surface area contributed by atoms with E-state index >= 15 is 0 Å². The Balaban J connectivity index is 1.81. The van der Waals surface area contributed by atoms with Gasteiger partial charge in [-0.1, -0.05) is 19.9 Å². The van der Waals surface area contributed by atoms with Crippen molar-refractivity contribution in [1.29, 1.82) is 0 Å². The van der Waals surface area contributed by atoms with E-state index in [1.165, 1.54) is 11.1 Å². The van der Waals surface area contributed by atoms with Crippen LogP contribution in [0.1, 0.15) is 68.9 Å². The first-order valence-corrected chi connectivity index (χ1v) is 8.60. The molecule has 2 saturated carbocycles. The zero-order valence-electron chi connectivity index (χ0n) is 13.4. The summed E-state index contributed by atoms with van der Waals surface area (Å²) in [6, 6.07) is 5.72. The van der Waals surface area contributed by atoms with Crippen LogP contribution < -0.4 is 0 Å². The van der Waals surface area contributed by atoms with Crippen molar-refractivity contribution in [2.75, 3.05) is 0 Å². The molecule has 0 spiro atoms. The van der Waals surface area contributed by atoms with Crippen LogP contribution in [0.3, 0.4) is 0 Å². The lowest BCUT2D eigenvalue weighted by atomic mass is 9.52. The highest BCUT2D eigenvalue weighted by molar-refractivity contribution is 5.43. The summed E-state index contributed by atoms with van der Waals surface area (Å²) in [5, 5.41) is 31.8. The lowest BCUT2D eigenvalue weighted by Gasteiger charge is -2.56. The lowest BCUT2D eigenvalue weighted by molar-refractivity contribution is -0.164. The molecule has 3 heteroatoms. The molecule has 3 nitrogen and oxygen atoms in total. The molecular formula is C19H26O3. The van der Waals surface area contributed by atoms with Crippen molar-refractivity contribution in [3.8, 4) is 5.75 Å². The Hall–Kier alpha value is -1.06. The van der Waals surface area contributed by atoms with Crippen molar-refractivity contribution in [2.45, 2.75) is 69.5 Å². The van der Waals surface area contributed by atoms with Gasteiger partial charge in [-0.05, 0) is 73.1 Å². The van der Waals surface area contributed by atoms with Gasteiger partial charge in [-0.3, -0.25) is 0 Å². The Kier molecular flexibility index (Phi) is 2.96. The molecule has 3 N–H and O–H groups in total. The number of rotatable bonds is 0. The highest BCUT2D eigenvalue weighted by Crippen LogP contribution is 2.64. The Morgan fingerprint density at radius 1 is 1.14 bits per heavy atom. The van der Waals surface area contributed by atoms with Gasteiger partial charge in [0.05, 0.1) is 11.7 Å². The van der Waals surface area contributed by atoms with E-state index in [0.29, 0.717) is 30.4 Å². The van der Waals surface area contributed by atoms with Crippen molar-refractivity contribution >= 4 is 0 Å². The predicted molar refractivity (Wildman–Crippen MR) is 84.9 cm³/mol. The minimum atomic E-state index is -0.751. The van der Waals surface area contributed by atoms with E-state index in [1.807, 2.05) is 6.07 Å². The summed E-state index contributed by atoms with van der Waals surface area (Å²) in [4.78, 5) is 0. The zero-order chi connectivity index (χ0) is 15.7. The van der Waals surface area contributed by atoms with Crippen LogP contribution in [-0.2, 0) is 0 Å². The molecule has 4 rings (SSSR count). The zero-order valence-corrected chi connectivity index (χ0v) is 13.4. The van der Waals surface area contributed by atoms with Crippen molar-refractivity contribution in [1.82, 2.24) is 0 Å². The first kappa shape index (κ1) is 14.5. The molecule has 22 heavy (non-hydrogen) atoms. The van der Waals surface area contributed by atoms with E-state index in [0.717, 1.165) is 19.3 Å². The maximum Gasteiger partial charge on any atom is 0.115 e. The molecule has 0 bridgehead atoms. The van der Waals surface area contributed by atoms with Gasteiger partial charge < -0.3 is 15.3 Å². The monoisotopic (exact) mass is 302 g/mol. The van der Waals surface area contributed by atoms with E-state index < -0.39 is 5.60 Å². The number of fused-ring (bicyclic) bond motifs is 5. The Bertz CT molecular complexity index is 613. The van der Waals surface area contributed by atoms with Crippen LogP contribution in [0.15, 0.2) is 18.2 Å². The third kappa shape index (κ3) is 1.64. The van der Waals surface area contributed by atoms with Crippen molar-refractivity contribution < 1.29 is 15.3 Å². The van der Waals surface area contributed by atoms with Gasteiger partial charge in [-0.2, -0.15) is 0 Å². The topological polar surface area (TPSA) is 60.7 Å². The van der Waals surface area contributed by atoms with Gasteiger partial charge in [0.25, 0.3) is 0 Å². The molecule has 6 atom stereocenters. The molecule has 0 aliphatic heterocycles. The number of phenolic OH excluding ortho intramolecular Hbond substituents is 1. The van der Waals surface area contributed by atoms with Crippen molar-refractivity contribution in [3.05, 3.63) is 29.3 Å². The Labute approximate surface area is 132 Å². The molecule has 0 unspecified atom stereocenters. The number of hydrogen-bond acceptors (Lipinski definition) is 3. The SMILES string of the molecule is C[C@@H]1C[C@@H]2[C@H](CC[C@]3(C)[C@@H](O)CC[C@@]23O)c2ccc(O)cc21. The van der Waals surface area contributed by atoms with Crippen LogP contribution in [0.5, 0.6) is 5.75 Å². The third-order valence-corrected chi connectivity index (χ3v) is 7.21. The largest absolute Gasteiger partial charge is 0.508 e. The smallest absolute Gasteiger partial charge is 0.115 e. The second kappa shape index (κ2) is 4.48. The second-order valence-electron chi connectivity index (χ2n) is 8.10. The fourth-order valence-corrected chi connectivity index (χ4v) is 5.80. The van der Waals surface area contributed by atoms with Crippen LogP contribution in [-0.4, -0.2) is 27.0 Å². The normalized spacial score (nSPS) is 46.7. The van der Waals surface area contributed by atoms with Gasteiger partial charge in [0.1, 0.15) is 5.75 Å². The van der Waals surface area contributed by atoms with Crippen LogP contribution in [0.25, 0.3) is 0 Å². The van der Waals surface area contributed by atoms with Gasteiger partial charge in [-0.25, -0.2) is 0 Å². The van der Waals surface area contributed by atoms with Crippen LogP contribution in [0.2, 0.25) is 0 Å². The maximum absolute atomic E-state index is 11.5. The minimum absolute atomic E-state index is 0.218. The summed E-state index contributed by atoms with van der Waals surface area (Å²) >= 11 is 0. The number of hydrogen-bond donors (Lipinski definition) is 3. The molecule has 0 aromatic heterocycles. The van der Waals surface area contributed by atoms with Gasteiger partial charge in [0.15, 0.2) is 0 Å². The molecule has 3 aliphatic rings. The fraction of sp³-hybridized carbons (Fsp3) is 0.684. The second-order valence-corrected chi connectivity index (χ2v) is 8.10. The molecular weight excluding hydrogens is 276 g/mol. The third-order valence-electron chi connectivity index (χ3n) is 7.21. The van der Waals surface area contributed by atoms with E-state index in [4.69, 9.17) is 0 Å². The van der Waals surface area contributed by atoms with Crippen molar-refractivity contribution in [2.24, 2.45) is 11.3 Å². The van der Waals surface area contributed by atoms with Gasteiger partial charge >= 0.3 is 0 Å².